The first kappa shape index (κ1) is 15.6. The highest BCUT2D eigenvalue weighted by atomic mass is 16.5. The quantitative estimate of drug-likeness (QED) is 0.887. The Labute approximate surface area is 127 Å². The first-order chi connectivity index (χ1) is 9.97. The van der Waals surface area contributed by atoms with Crippen molar-refractivity contribution < 1.29 is 4.74 Å². The Hall–Kier alpha value is -1.81. The van der Waals surface area contributed by atoms with E-state index in [1.807, 2.05) is 37.7 Å². The van der Waals surface area contributed by atoms with E-state index in [-0.39, 0.29) is 6.10 Å². The minimum atomic E-state index is 0.203. The van der Waals surface area contributed by atoms with Crippen LogP contribution in [-0.4, -0.2) is 15.9 Å². The number of nitrogens with zero attached hydrogens (tertiary/aromatic N) is 2. The number of aromatic nitrogens is 2. The third-order valence-corrected chi connectivity index (χ3v) is 3.56. The Bertz CT molecular complexity index is 602. The lowest BCUT2D eigenvalue weighted by Gasteiger charge is -2.11. The van der Waals surface area contributed by atoms with Crippen LogP contribution in [0.5, 0.6) is 5.75 Å². The number of aryl methyl sites for hydroxylation is 2. The standard InChI is InChI=1S/C17H25N3O/c1-12(2)21-16-8-6-7-15(9-16)10-18-11-17-13(3)19-20(5)14(17)4/h6-9,12,18H,10-11H2,1-5H3. The van der Waals surface area contributed by atoms with Crippen LogP contribution in [0.15, 0.2) is 24.3 Å². The van der Waals surface area contributed by atoms with Crippen molar-refractivity contribution in [2.75, 3.05) is 0 Å². The van der Waals surface area contributed by atoms with Crippen LogP contribution in [0.3, 0.4) is 0 Å². The van der Waals surface area contributed by atoms with E-state index in [0.717, 1.165) is 24.5 Å². The van der Waals surface area contributed by atoms with Crippen molar-refractivity contribution in [1.29, 1.82) is 0 Å². The molecule has 2 aromatic rings. The van der Waals surface area contributed by atoms with Crippen LogP contribution in [0.1, 0.15) is 36.4 Å². The van der Waals surface area contributed by atoms with E-state index in [9.17, 15) is 0 Å². The van der Waals surface area contributed by atoms with Gasteiger partial charge in [0.15, 0.2) is 0 Å². The Kier molecular flexibility index (Phi) is 5.02. The predicted octanol–water partition coefficient (Wildman–Crippen LogP) is 3.11. The summed E-state index contributed by atoms with van der Waals surface area (Å²) in [6.45, 7) is 9.90. The second kappa shape index (κ2) is 6.76. The van der Waals surface area contributed by atoms with E-state index < -0.39 is 0 Å². The topological polar surface area (TPSA) is 39.1 Å². The van der Waals surface area contributed by atoms with Crippen LogP contribution < -0.4 is 10.1 Å². The van der Waals surface area contributed by atoms with Crippen LogP contribution in [0.25, 0.3) is 0 Å². The van der Waals surface area contributed by atoms with Crippen molar-refractivity contribution in [2.24, 2.45) is 7.05 Å². The summed E-state index contributed by atoms with van der Waals surface area (Å²) in [6, 6.07) is 8.24. The summed E-state index contributed by atoms with van der Waals surface area (Å²) >= 11 is 0. The third kappa shape index (κ3) is 4.08. The zero-order valence-electron chi connectivity index (χ0n) is 13.6. The zero-order valence-corrected chi connectivity index (χ0v) is 13.6. The van der Waals surface area contributed by atoms with Crippen molar-refractivity contribution in [3.63, 3.8) is 0 Å². The molecule has 1 N–H and O–H groups in total. The van der Waals surface area contributed by atoms with Gasteiger partial charge in [0.05, 0.1) is 11.8 Å². The summed E-state index contributed by atoms with van der Waals surface area (Å²) in [7, 11) is 1.98. The molecule has 0 unspecified atom stereocenters. The highest BCUT2D eigenvalue weighted by Crippen LogP contribution is 2.15. The van der Waals surface area contributed by atoms with E-state index in [0.29, 0.717) is 0 Å². The fourth-order valence-electron chi connectivity index (χ4n) is 2.41. The zero-order chi connectivity index (χ0) is 15.4. The normalized spacial score (nSPS) is 11.1. The van der Waals surface area contributed by atoms with Gasteiger partial charge in [-0.1, -0.05) is 12.1 Å². The van der Waals surface area contributed by atoms with Crippen molar-refractivity contribution in [2.45, 2.75) is 46.9 Å². The molecule has 0 radical (unpaired) electrons. The number of hydrogen-bond donors (Lipinski definition) is 1. The minimum Gasteiger partial charge on any atom is -0.491 e. The Morgan fingerprint density at radius 3 is 2.62 bits per heavy atom. The Morgan fingerprint density at radius 2 is 2.00 bits per heavy atom. The average Bonchev–Trinajstić information content (AvgIpc) is 2.65. The van der Waals surface area contributed by atoms with Crippen molar-refractivity contribution >= 4 is 0 Å². The molecule has 0 aliphatic heterocycles. The molecule has 0 atom stereocenters. The molecule has 4 nitrogen and oxygen atoms in total. The maximum Gasteiger partial charge on any atom is 0.120 e. The molecule has 0 aliphatic carbocycles. The summed E-state index contributed by atoms with van der Waals surface area (Å²) in [6.07, 6.45) is 0.203. The molecule has 1 heterocycles. The van der Waals surface area contributed by atoms with E-state index in [2.05, 4.69) is 36.4 Å². The van der Waals surface area contributed by atoms with Crippen molar-refractivity contribution in [1.82, 2.24) is 15.1 Å². The van der Waals surface area contributed by atoms with Crippen LogP contribution in [0.4, 0.5) is 0 Å². The van der Waals surface area contributed by atoms with Crippen molar-refractivity contribution in [3.8, 4) is 5.75 Å². The van der Waals surface area contributed by atoms with Gasteiger partial charge in [-0.15, -0.1) is 0 Å². The molecule has 2 rings (SSSR count). The summed E-state index contributed by atoms with van der Waals surface area (Å²) in [5, 5.41) is 7.92. The number of nitrogens with one attached hydrogen (secondary N) is 1. The number of rotatable bonds is 6. The van der Waals surface area contributed by atoms with Gasteiger partial charge in [-0.2, -0.15) is 5.10 Å². The molecule has 1 aromatic heterocycles. The van der Waals surface area contributed by atoms with Gasteiger partial charge in [0.2, 0.25) is 0 Å². The fourth-order valence-corrected chi connectivity index (χ4v) is 2.41. The van der Waals surface area contributed by atoms with Gasteiger partial charge in [0.25, 0.3) is 0 Å². The van der Waals surface area contributed by atoms with E-state index >= 15 is 0 Å². The first-order valence-electron chi connectivity index (χ1n) is 7.42. The maximum absolute atomic E-state index is 5.72. The molecule has 0 spiro atoms. The minimum absolute atomic E-state index is 0.203. The van der Waals surface area contributed by atoms with Crippen LogP contribution in [0.2, 0.25) is 0 Å². The highest BCUT2D eigenvalue weighted by Gasteiger charge is 2.08. The van der Waals surface area contributed by atoms with Crippen LogP contribution in [0, 0.1) is 13.8 Å². The molecule has 1 aromatic carbocycles. The van der Waals surface area contributed by atoms with Gasteiger partial charge in [-0.05, 0) is 45.4 Å². The largest absolute Gasteiger partial charge is 0.491 e. The van der Waals surface area contributed by atoms with Crippen molar-refractivity contribution in [3.05, 3.63) is 46.8 Å². The second-order valence-electron chi connectivity index (χ2n) is 5.69. The molecular formula is C17H25N3O. The number of benzene rings is 1. The van der Waals surface area contributed by atoms with Gasteiger partial charge in [-0.25, -0.2) is 0 Å². The lowest BCUT2D eigenvalue weighted by atomic mass is 10.1. The molecule has 0 amide bonds. The SMILES string of the molecule is Cc1nn(C)c(C)c1CNCc1cccc(OC(C)C)c1. The van der Waals surface area contributed by atoms with E-state index in [1.165, 1.54) is 16.8 Å². The average molecular weight is 287 g/mol. The number of hydrogen-bond acceptors (Lipinski definition) is 3. The summed E-state index contributed by atoms with van der Waals surface area (Å²) in [5.41, 5.74) is 4.83. The highest BCUT2D eigenvalue weighted by molar-refractivity contribution is 5.29. The first-order valence-corrected chi connectivity index (χ1v) is 7.42. The Balaban J connectivity index is 1.94. The molecule has 0 bridgehead atoms. The Morgan fingerprint density at radius 1 is 1.24 bits per heavy atom. The molecule has 0 fully saturated rings. The summed E-state index contributed by atoms with van der Waals surface area (Å²) in [4.78, 5) is 0. The lowest BCUT2D eigenvalue weighted by Crippen LogP contribution is -2.14. The van der Waals surface area contributed by atoms with E-state index in [1.54, 1.807) is 0 Å². The van der Waals surface area contributed by atoms with Gasteiger partial charge in [0.1, 0.15) is 5.75 Å². The number of ether oxygens (including phenoxy) is 1. The monoisotopic (exact) mass is 287 g/mol. The molecule has 0 saturated carbocycles. The van der Waals surface area contributed by atoms with E-state index in [4.69, 9.17) is 4.74 Å². The van der Waals surface area contributed by atoms with Gasteiger partial charge in [-0.3, -0.25) is 4.68 Å². The van der Waals surface area contributed by atoms with Gasteiger partial charge >= 0.3 is 0 Å². The molecule has 0 saturated heterocycles. The molecule has 21 heavy (non-hydrogen) atoms. The van der Waals surface area contributed by atoms with Crippen LogP contribution >= 0.6 is 0 Å². The summed E-state index contributed by atoms with van der Waals surface area (Å²) < 4.78 is 7.65. The summed E-state index contributed by atoms with van der Waals surface area (Å²) in [5.74, 6) is 0.929. The fraction of sp³-hybridized carbons (Fsp3) is 0.471. The maximum atomic E-state index is 5.72. The molecular weight excluding hydrogens is 262 g/mol. The lowest BCUT2D eigenvalue weighted by molar-refractivity contribution is 0.242. The molecule has 114 valence electrons. The van der Waals surface area contributed by atoms with Crippen LogP contribution in [-0.2, 0) is 20.1 Å². The third-order valence-electron chi connectivity index (χ3n) is 3.56. The molecule has 0 aliphatic rings. The predicted molar refractivity (Wildman–Crippen MR) is 85.4 cm³/mol. The van der Waals surface area contributed by atoms with Gasteiger partial charge in [0, 0.05) is 31.4 Å². The second-order valence-corrected chi connectivity index (χ2v) is 5.69. The molecule has 4 heteroatoms. The smallest absolute Gasteiger partial charge is 0.120 e. The van der Waals surface area contributed by atoms with Gasteiger partial charge < -0.3 is 10.1 Å².